The van der Waals surface area contributed by atoms with Gasteiger partial charge in [0.15, 0.2) is 0 Å². The van der Waals surface area contributed by atoms with Crippen LogP contribution in [0.4, 0.5) is 0 Å². The van der Waals surface area contributed by atoms with Crippen LogP contribution in [0.3, 0.4) is 0 Å². The van der Waals surface area contributed by atoms with Crippen LogP contribution in [0.1, 0.15) is 38.3 Å². The molecule has 0 radical (unpaired) electrons. The number of hydrogen-bond acceptors (Lipinski definition) is 3. The van der Waals surface area contributed by atoms with E-state index in [9.17, 15) is 9.90 Å². The van der Waals surface area contributed by atoms with Gasteiger partial charge >= 0.3 is 0 Å². The fourth-order valence-corrected chi connectivity index (χ4v) is 2.27. The summed E-state index contributed by atoms with van der Waals surface area (Å²) >= 11 is 0. The lowest BCUT2D eigenvalue weighted by molar-refractivity contribution is -0.122. The van der Waals surface area contributed by atoms with E-state index >= 15 is 0 Å². The van der Waals surface area contributed by atoms with Gasteiger partial charge in [-0.3, -0.25) is 4.79 Å². The van der Waals surface area contributed by atoms with E-state index < -0.39 is 0 Å². The Kier molecular flexibility index (Phi) is 2.72. The van der Waals surface area contributed by atoms with Gasteiger partial charge < -0.3 is 10.4 Å². The van der Waals surface area contributed by atoms with E-state index in [0.717, 1.165) is 5.56 Å². The van der Waals surface area contributed by atoms with Gasteiger partial charge in [-0.05, 0) is 31.5 Å². The Labute approximate surface area is 95.5 Å². The van der Waals surface area contributed by atoms with Crippen molar-refractivity contribution in [3.05, 3.63) is 29.8 Å². The summed E-state index contributed by atoms with van der Waals surface area (Å²) in [5.74, 6) is 0.548. The largest absolute Gasteiger partial charge is 0.508 e. The van der Waals surface area contributed by atoms with E-state index in [1.165, 1.54) is 0 Å². The summed E-state index contributed by atoms with van der Waals surface area (Å²) in [5.41, 5.74) is 0.914. The maximum absolute atomic E-state index is 11.6. The predicted octanol–water partition coefficient (Wildman–Crippen LogP) is 2.16. The van der Waals surface area contributed by atoms with Gasteiger partial charge in [-0.1, -0.05) is 12.1 Å². The van der Waals surface area contributed by atoms with Gasteiger partial charge in [-0.15, -0.1) is 0 Å². The second kappa shape index (κ2) is 3.91. The number of benzene rings is 1. The third kappa shape index (κ3) is 2.42. The van der Waals surface area contributed by atoms with E-state index in [1.807, 2.05) is 26.0 Å². The highest BCUT2D eigenvalue weighted by molar-refractivity contribution is 5.81. The third-order valence-electron chi connectivity index (χ3n) is 2.93. The Balaban J connectivity index is 2.21. The minimum atomic E-state index is -0.141. The van der Waals surface area contributed by atoms with Gasteiger partial charge in [0.05, 0.1) is 0 Å². The molecule has 0 aliphatic carbocycles. The highest BCUT2D eigenvalue weighted by Crippen LogP contribution is 2.29. The van der Waals surface area contributed by atoms with Crippen molar-refractivity contribution >= 4 is 5.78 Å². The molecule has 1 aliphatic rings. The van der Waals surface area contributed by atoms with Crippen molar-refractivity contribution in [2.45, 2.75) is 38.3 Å². The van der Waals surface area contributed by atoms with Gasteiger partial charge in [-0.25, -0.2) is 0 Å². The SMILES string of the molecule is CC1(C)CC(=O)CC(c2ccc(O)cc2)N1. The van der Waals surface area contributed by atoms with Crippen LogP contribution in [0.2, 0.25) is 0 Å². The summed E-state index contributed by atoms with van der Waals surface area (Å²) in [6, 6.07) is 7.10. The zero-order valence-corrected chi connectivity index (χ0v) is 9.66. The summed E-state index contributed by atoms with van der Waals surface area (Å²) in [6.07, 6.45) is 1.12. The van der Waals surface area contributed by atoms with Crippen molar-refractivity contribution in [2.24, 2.45) is 0 Å². The number of nitrogens with one attached hydrogen (secondary N) is 1. The van der Waals surface area contributed by atoms with Crippen molar-refractivity contribution in [2.75, 3.05) is 0 Å². The zero-order valence-electron chi connectivity index (χ0n) is 9.66. The Bertz CT molecular complexity index is 395. The molecule has 1 atom stereocenters. The maximum atomic E-state index is 11.6. The minimum Gasteiger partial charge on any atom is -0.508 e. The first-order valence-electron chi connectivity index (χ1n) is 5.55. The summed E-state index contributed by atoms with van der Waals surface area (Å²) in [6.45, 7) is 4.08. The quantitative estimate of drug-likeness (QED) is 0.761. The molecule has 0 saturated carbocycles. The van der Waals surface area contributed by atoms with Crippen molar-refractivity contribution in [3.8, 4) is 5.75 Å². The Hall–Kier alpha value is -1.35. The molecule has 0 bridgehead atoms. The predicted molar refractivity (Wildman–Crippen MR) is 62.3 cm³/mol. The van der Waals surface area contributed by atoms with E-state index in [-0.39, 0.29) is 17.3 Å². The van der Waals surface area contributed by atoms with Gasteiger partial charge in [0.25, 0.3) is 0 Å². The first kappa shape index (κ1) is 11.1. The zero-order chi connectivity index (χ0) is 11.8. The molecule has 1 aromatic carbocycles. The molecule has 0 amide bonds. The molecule has 16 heavy (non-hydrogen) atoms. The topological polar surface area (TPSA) is 49.3 Å². The molecule has 0 spiro atoms. The molecule has 86 valence electrons. The monoisotopic (exact) mass is 219 g/mol. The molecule has 2 rings (SSSR count). The minimum absolute atomic E-state index is 0.0665. The van der Waals surface area contributed by atoms with E-state index in [4.69, 9.17) is 0 Å². The van der Waals surface area contributed by atoms with Gasteiger partial charge in [-0.2, -0.15) is 0 Å². The molecule has 1 heterocycles. The molecule has 1 aliphatic heterocycles. The number of carbonyl (C=O) groups is 1. The maximum Gasteiger partial charge on any atom is 0.136 e. The lowest BCUT2D eigenvalue weighted by atomic mass is 9.86. The van der Waals surface area contributed by atoms with Crippen LogP contribution in [0.5, 0.6) is 5.75 Å². The van der Waals surface area contributed by atoms with Crippen molar-refractivity contribution in [3.63, 3.8) is 0 Å². The van der Waals surface area contributed by atoms with Crippen LogP contribution in [0.15, 0.2) is 24.3 Å². The van der Waals surface area contributed by atoms with Crippen LogP contribution in [0, 0.1) is 0 Å². The van der Waals surface area contributed by atoms with Crippen molar-refractivity contribution in [1.29, 1.82) is 0 Å². The summed E-state index contributed by atoms with van der Waals surface area (Å²) in [5, 5.41) is 12.7. The normalized spacial score (nSPS) is 24.4. The average Bonchev–Trinajstić information content (AvgIpc) is 2.15. The van der Waals surface area contributed by atoms with Crippen LogP contribution < -0.4 is 5.32 Å². The fraction of sp³-hybridized carbons (Fsp3) is 0.462. The number of phenols is 1. The number of carbonyl (C=O) groups excluding carboxylic acids is 1. The molecule has 2 N–H and O–H groups in total. The molecular formula is C13H17NO2. The number of hydrogen-bond donors (Lipinski definition) is 2. The average molecular weight is 219 g/mol. The molecule has 1 fully saturated rings. The number of rotatable bonds is 1. The number of Topliss-reactive ketones (excluding diaryl/α,β-unsaturated/α-hetero) is 1. The number of aromatic hydroxyl groups is 1. The fourth-order valence-electron chi connectivity index (χ4n) is 2.27. The molecule has 1 unspecified atom stereocenters. The molecule has 0 aromatic heterocycles. The van der Waals surface area contributed by atoms with Crippen LogP contribution in [-0.4, -0.2) is 16.4 Å². The number of ketones is 1. The molecule has 3 nitrogen and oxygen atoms in total. The molecular weight excluding hydrogens is 202 g/mol. The highest BCUT2D eigenvalue weighted by atomic mass is 16.3. The Morgan fingerprint density at radius 1 is 1.31 bits per heavy atom. The van der Waals surface area contributed by atoms with Crippen molar-refractivity contribution in [1.82, 2.24) is 5.32 Å². The second-order valence-corrected chi connectivity index (χ2v) is 5.09. The summed E-state index contributed by atoms with van der Waals surface area (Å²) < 4.78 is 0. The summed E-state index contributed by atoms with van der Waals surface area (Å²) in [4.78, 5) is 11.6. The first-order valence-corrected chi connectivity index (χ1v) is 5.55. The van der Waals surface area contributed by atoms with E-state index in [1.54, 1.807) is 12.1 Å². The van der Waals surface area contributed by atoms with Gasteiger partial charge in [0, 0.05) is 24.4 Å². The van der Waals surface area contributed by atoms with E-state index in [2.05, 4.69) is 5.32 Å². The molecule has 3 heteroatoms. The summed E-state index contributed by atoms with van der Waals surface area (Å²) in [7, 11) is 0. The second-order valence-electron chi connectivity index (χ2n) is 5.09. The standard InChI is InChI=1S/C13H17NO2/c1-13(2)8-11(16)7-12(14-13)9-3-5-10(15)6-4-9/h3-6,12,14-15H,7-8H2,1-2H3. The van der Waals surface area contributed by atoms with E-state index in [0.29, 0.717) is 18.6 Å². The van der Waals surface area contributed by atoms with Crippen molar-refractivity contribution < 1.29 is 9.90 Å². The number of phenolic OH excluding ortho intramolecular Hbond substituents is 1. The Morgan fingerprint density at radius 3 is 2.50 bits per heavy atom. The number of piperidine rings is 1. The Morgan fingerprint density at radius 2 is 1.94 bits per heavy atom. The van der Waals surface area contributed by atoms with Crippen LogP contribution >= 0.6 is 0 Å². The smallest absolute Gasteiger partial charge is 0.136 e. The van der Waals surface area contributed by atoms with Crippen LogP contribution in [-0.2, 0) is 4.79 Å². The van der Waals surface area contributed by atoms with Gasteiger partial charge in [0.1, 0.15) is 11.5 Å². The highest BCUT2D eigenvalue weighted by Gasteiger charge is 2.32. The van der Waals surface area contributed by atoms with Gasteiger partial charge in [0.2, 0.25) is 0 Å². The third-order valence-corrected chi connectivity index (χ3v) is 2.93. The lowest BCUT2D eigenvalue weighted by Crippen LogP contribution is -2.48. The molecule has 1 aromatic rings. The first-order chi connectivity index (χ1) is 7.46. The molecule has 1 saturated heterocycles. The lowest BCUT2D eigenvalue weighted by Gasteiger charge is -2.36. The van der Waals surface area contributed by atoms with Crippen LogP contribution in [0.25, 0.3) is 0 Å².